The molecule has 1 amide bonds. The lowest BCUT2D eigenvalue weighted by Gasteiger charge is -2.01. The number of aromatic nitrogens is 2. The van der Waals surface area contributed by atoms with Crippen LogP contribution in [-0.2, 0) is 6.54 Å². The van der Waals surface area contributed by atoms with E-state index in [4.69, 9.17) is 5.73 Å². The molecular formula is C10H18N4O. The lowest BCUT2D eigenvalue weighted by atomic mass is 10.3. The van der Waals surface area contributed by atoms with Crippen LogP contribution in [0.2, 0.25) is 0 Å². The van der Waals surface area contributed by atoms with Crippen LogP contribution in [-0.4, -0.2) is 28.8 Å². The van der Waals surface area contributed by atoms with Gasteiger partial charge in [0.15, 0.2) is 0 Å². The number of hydrogen-bond acceptors (Lipinski definition) is 3. The van der Waals surface area contributed by atoms with Gasteiger partial charge in [0, 0.05) is 19.3 Å². The first kappa shape index (κ1) is 11.7. The maximum atomic E-state index is 11.5. The van der Waals surface area contributed by atoms with Crippen LogP contribution >= 0.6 is 0 Å². The van der Waals surface area contributed by atoms with E-state index >= 15 is 0 Å². The minimum atomic E-state index is -0.0632. The number of unbranched alkanes of at least 4 members (excludes halogenated alkanes) is 1. The summed E-state index contributed by atoms with van der Waals surface area (Å²) in [5, 5.41) is 6.86. The van der Waals surface area contributed by atoms with Gasteiger partial charge in [0.2, 0.25) is 0 Å². The van der Waals surface area contributed by atoms with Crippen molar-refractivity contribution in [3.8, 4) is 0 Å². The molecule has 0 saturated carbocycles. The number of hydrogen-bond donors (Lipinski definition) is 2. The molecule has 0 bridgehead atoms. The molecule has 0 atom stereocenters. The van der Waals surface area contributed by atoms with Crippen LogP contribution < -0.4 is 11.1 Å². The summed E-state index contributed by atoms with van der Waals surface area (Å²) in [6, 6.07) is 0. The highest BCUT2D eigenvalue weighted by Crippen LogP contribution is 1.97. The Morgan fingerprint density at radius 2 is 2.40 bits per heavy atom. The molecule has 1 heterocycles. The van der Waals surface area contributed by atoms with E-state index in [1.165, 1.54) is 0 Å². The second-order valence-corrected chi connectivity index (χ2v) is 3.34. The average molecular weight is 210 g/mol. The lowest BCUT2D eigenvalue weighted by molar-refractivity contribution is 0.0953. The zero-order chi connectivity index (χ0) is 11.1. The largest absolute Gasteiger partial charge is 0.352 e. The number of amides is 1. The Kier molecular flexibility index (Phi) is 4.83. The van der Waals surface area contributed by atoms with Crippen LogP contribution in [0.1, 0.15) is 30.1 Å². The third kappa shape index (κ3) is 3.71. The Bertz CT molecular complexity index is 308. The maximum Gasteiger partial charge on any atom is 0.254 e. The second-order valence-electron chi connectivity index (χ2n) is 3.34. The zero-order valence-corrected chi connectivity index (χ0v) is 9.07. The van der Waals surface area contributed by atoms with E-state index in [2.05, 4.69) is 10.4 Å². The lowest BCUT2D eigenvalue weighted by Crippen LogP contribution is -2.24. The van der Waals surface area contributed by atoms with Crippen molar-refractivity contribution in [2.75, 3.05) is 13.1 Å². The van der Waals surface area contributed by atoms with Crippen molar-refractivity contribution >= 4 is 5.91 Å². The number of nitrogens with one attached hydrogen (secondary N) is 1. The van der Waals surface area contributed by atoms with Gasteiger partial charge in [-0.15, -0.1) is 0 Å². The molecule has 0 aliphatic heterocycles. The first-order valence-electron chi connectivity index (χ1n) is 5.28. The molecule has 0 unspecified atom stereocenters. The van der Waals surface area contributed by atoms with Crippen LogP contribution in [0.3, 0.4) is 0 Å². The summed E-state index contributed by atoms with van der Waals surface area (Å²) in [7, 11) is 0. The molecular weight excluding hydrogens is 192 g/mol. The van der Waals surface area contributed by atoms with Gasteiger partial charge >= 0.3 is 0 Å². The highest BCUT2D eigenvalue weighted by Gasteiger charge is 2.06. The predicted molar refractivity (Wildman–Crippen MR) is 58.5 cm³/mol. The molecule has 0 fully saturated rings. The van der Waals surface area contributed by atoms with Crippen LogP contribution in [0.25, 0.3) is 0 Å². The van der Waals surface area contributed by atoms with Gasteiger partial charge < -0.3 is 11.1 Å². The number of carbonyl (C=O) groups is 1. The molecule has 84 valence electrons. The minimum absolute atomic E-state index is 0.0632. The van der Waals surface area contributed by atoms with E-state index in [0.29, 0.717) is 18.7 Å². The second kappa shape index (κ2) is 6.19. The van der Waals surface area contributed by atoms with Crippen LogP contribution in [0.15, 0.2) is 12.4 Å². The van der Waals surface area contributed by atoms with Gasteiger partial charge in [0.1, 0.15) is 0 Å². The Morgan fingerprint density at radius 3 is 3.00 bits per heavy atom. The SMILES string of the molecule is CCn1cc(C(=O)NCCCCN)cn1. The van der Waals surface area contributed by atoms with E-state index < -0.39 is 0 Å². The van der Waals surface area contributed by atoms with Crippen LogP contribution in [0.5, 0.6) is 0 Å². The van der Waals surface area contributed by atoms with Gasteiger partial charge in [-0.2, -0.15) is 5.10 Å². The van der Waals surface area contributed by atoms with Crippen molar-refractivity contribution in [1.29, 1.82) is 0 Å². The number of carbonyl (C=O) groups excluding carboxylic acids is 1. The molecule has 0 radical (unpaired) electrons. The summed E-state index contributed by atoms with van der Waals surface area (Å²) in [5.74, 6) is -0.0632. The Morgan fingerprint density at radius 1 is 1.60 bits per heavy atom. The Balaban J connectivity index is 2.33. The summed E-state index contributed by atoms with van der Waals surface area (Å²) in [6.45, 7) is 4.10. The molecule has 5 nitrogen and oxygen atoms in total. The van der Waals surface area contributed by atoms with Gasteiger partial charge in [-0.05, 0) is 26.3 Å². The highest BCUT2D eigenvalue weighted by molar-refractivity contribution is 5.93. The van der Waals surface area contributed by atoms with Crippen molar-refractivity contribution in [2.45, 2.75) is 26.3 Å². The topological polar surface area (TPSA) is 72.9 Å². The number of nitrogens with two attached hydrogens (primary N) is 1. The number of nitrogens with zero attached hydrogens (tertiary/aromatic N) is 2. The van der Waals surface area contributed by atoms with Crippen LogP contribution in [0, 0.1) is 0 Å². The van der Waals surface area contributed by atoms with Gasteiger partial charge in [-0.25, -0.2) is 0 Å². The van der Waals surface area contributed by atoms with Crippen LogP contribution in [0.4, 0.5) is 0 Å². The smallest absolute Gasteiger partial charge is 0.254 e. The number of rotatable bonds is 6. The highest BCUT2D eigenvalue weighted by atomic mass is 16.1. The van der Waals surface area contributed by atoms with E-state index in [1.807, 2.05) is 6.92 Å². The maximum absolute atomic E-state index is 11.5. The van der Waals surface area contributed by atoms with Crippen molar-refractivity contribution < 1.29 is 4.79 Å². The van der Waals surface area contributed by atoms with Crippen molar-refractivity contribution in [2.24, 2.45) is 5.73 Å². The summed E-state index contributed by atoms with van der Waals surface area (Å²) < 4.78 is 1.73. The molecule has 0 aliphatic carbocycles. The third-order valence-corrected chi connectivity index (χ3v) is 2.14. The summed E-state index contributed by atoms with van der Waals surface area (Å²) in [5.41, 5.74) is 5.97. The molecule has 0 aliphatic rings. The molecule has 1 aromatic heterocycles. The molecule has 0 spiro atoms. The van der Waals surface area contributed by atoms with Gasteiger partial charge in [0.05, 0.1) is 11.8 Å². The predicted octanol–water partition coefficient (Wildman–Crippen LogP) is 0.372. The fourth-order valence-corrected chi connectivity index (χ4v) is 1.23. The van der Waals surface area contributed by atoms with Crippen molar-refractivity contribution in [3.05, 3.63) is 18.0 Å². The molecule has 1 aromatic rings. The monoisotopic (exact) mass is 210 g/mol. The fourth-order valence-electron chi connectivity index (χ4n) is 1.23. The summed E-state index contributed by atoms with van der Waals surface area (Å²) in [6.07, 6.45) is 5.19. The minimum Gasteiger partial charge on any atom is -0.352 e. The van der Waals surface area contributed by atoms with E-state index in [-0.39, 0.29) is 5.91 Å². The molecule has 0 saturated heterocycles. The summed E-state index contributed by atoms with van der Waals surface area (Å²) in [4.78, 5) is 11.5. The number of aryl methyl sites for hydroxylation is 1. The molecule has 15 heavy (non-hydrogen) atoms. The van der Waals surface area contributed by atoms with E-state index in [1.54, 1.807) is 17.1 Å². The van der Waals surface area contributed by atoms with E-state index in [9.17, 15) is 4.79 Å². The molecule has 3 N–H and O–H groups in total. The summed E-state index contributed by atoms with van der Waals surface area (Å²) >= 11 is 0. The Hall–Kier alpha value is -1.36. The van der Waals surface area contributed by atoms with Crippen molar-refractivity contribution in [3.63, 3.8) is 0 Å². The first-order chi connectivity index (χ1) is 7.27. The van der Waals surface area contributed by atoms with Gasteiger partial charge in [-0.3, -0.25) is 9.48 Å². The normalized spacial score (nSPS) is 10.3. The zero-order valence-electron chi connectivity index (χ0n) is 9.07. The quantitative estimate of drug-likeness (QED) is 0.666. The molecule has 5 heteroatoms. The standard InChI is InChI=1S/C10H18N4O/c1-2-14-8-9(7-13-14)10(15)12-6-4-3-5-11/h7-8H,2-6,11H2,1H3,(H,12,15). The average Bonchev–Trinajstić information content (AvgIpc) is 2.72. The van der Waals surface area contributed by atoms with Gasteiger partial charge in [-0.1, -0.05) is 0 Å². The first-order valence-corrected chi connectivity index (χ1v) is 5.28. The van der Waals surface area contributed by atoms with Crippen molar-refractivity contribution in [1.82, 2.24) is 15.1 Å². The molecule has 0 aromatic carbocycles. The fraction of sp³-hybridized carbons (Fsp3) is 0.600. The van der Waals surface area contributed by atoms with E-state index in [0.717, 1.165) is 19.4 Å². The van der Waals surface area contributed by atoms with Gasteiger partial charge in [0.25, 0.3) is 5.91 Å². The molecule has 1 rings (SSSR count). The Labute approximate surface area is 89.6 Å². The third-order valence-electron chi connectivity index (χ3n) is 2.14.